The second-order valence-electron chi connectivity index (χ2n) is 16.1. The average molecular weight is 981 g/mol. The van der Waals surface area contributed by atoms with Crippen LogP contribution in [0.3, 0.4) is 0 Å². The first-order valence-electron chi connectivity index (χ1n) is 20.6. The number of nitrogens with zero attached hydrogens (tertiary/aromatic N) is 4. The molecule has 2 aromatic heterocycles. The van der Waals surface area contributed by atoms with E-state index in [0.29, 0.717) is 36.9 Å². The summed E-state index contributed by atoms with van der Waals surface area (Å²) in [5.41, 5.74) is 4.87. The van der Waals surface area contributed by atoms with Crippen molar-refractivity contribution in [3.8, 4) is 28.8 Å². The van der Waals surface area contributed by atoms with E-state index in [-0.39, 0.29) is 97.2 Å². The van der Waals surface area contributed by atoms with Gasteiger partial charge in [-0.25, -0.2) is 19.6 Å². The standard InChI is InChI=1S/C46H52N8O7.CH4.4H2S/c1-27(2)39(51-45(57)59-5)43(55)53-22-10-13-37(53)41-47-25-36(50-41)31-19-16-29(17-20-31)14-15-30-18-21-34-35(23-30)49-42(48-34)38-24-33(61-32-11-8-7-9-12-32)26-54(38)44(56)40(28(3)4)52-46(58)60-6;;;;;/h7-9,11-12,16-21,23,25,27-28,33,37-40H,10,13,22,24,26H2,1-6H3,(H,47,50)(H,48,49)(H,51,57)(H,52,58);1H4;4*1H2/t33-,37+,38+,39+,40+;;;;;/m1...../s1. The minimum atomic E-state index is -0.801. The van der Waals surface area contributed by atoms with Gasteiger partial charge in [0.05, 0.1) is 55.8 Å². The molecule has 4 N–H and O–H groups in total. The van der Waals surface area contributed by atoms with E-state index in [1.165, 1.54) is 14.2 Å². The van der Waals surface area contributed by atoms with Crippen LogP contribution in [0.4, 0.5) is 9.59 Å². The Bertz CT molecular complexity index is 2440. The summed E-state index contributed by atoms with van der Waals surface area (Å²) in [7, 11) is 2.56. The summed E-state index contributed by atoms with van der Waals surface area (Å²) in [5.74, 6) is 7.84. The highest BCUT2D eigenvalue weighted by atomic mass is 32.1. The molecule has 4 heterocycles. The number of para-hydroxylation sites is 1. The largest absolute Gasteiger partial charge is 0.488 e. The minimum absolute atomic E-state index is 0. The topological polar surface area (TPSA) is 184 Å². The van der Waals surface area contributed by atoms with E-state index in [1.807, 2.05) is 100 Å². The number of likely N-dealkylation sites (tertiary alicyclic amines) is 2. The van der Waals surface area contributed by atoms with Gasteiger partial charge in [-0.2, -0.15) is 54.0 Å². The van der Waals surface area contributed by atoms with Crippen molar-refractivity contribution in [2.24, 2.45) is 11.8 Å². The summed E-state index contributed by atoms with van der Waals surface area (Å²) in [6.45, 7) is 8.43. The highest BCUT2D eigenvalue weighted by Gasteiger charge is 2.43. The number of benzene rings is 3. The molecular weight excluding hydrogens is 917 g/mol. The number of alkyl carbamates (subject to hydrolysis) is 2. The maximum atomic E-state index is 14.1. The first-order chi connectivity index (χ1) is 29.4. The van der Waals surface area contributed by atoms with Crippen molar-refractivity contribution >= 4 is 89.0 Å². The van der Waals surface area contributed by atoms with Crippen LogP contribution in [0.25, 0.3) is 22.3 Å². The third-order valence-corrected chi connectivity index (χ3v) is 11.2. The molecule has 0 spiro atoms. The summed E-state index contributed by atoms with van der Waals surface area (Å²) in [6, 6.07) is 21.0. The van der Waals surface area contributed by atoms with Gasteiger partial charge < -0.3 is 44.6 Å². The van der Waals surface area contributed by atoms with Crippen LogP contribution in [0, 0.1) is 23.7 Å². The van der Waals surface area contributed by atoms with Crippen LogP contribution in [0.1, 0.15) is 89.2 Å². The second-order valence-corrected chi connectivity index (χ2v) is 16.1. The molecule has 7 rings (SSSR count). The Morgan fingerprint density at radius 1 is 0.742 bits per heavy atom. The van der Waals surface area contributed by atoms with Gasteiger partial charge in [-0.05, 0) is 72.7 Å². The minimum Gasteiger partial charge on any atom is -0.488 e. The summed E-state index contributed by atoms with van der Waals surface area (Å²) in [6.07, 6.45) is 2.27. The molecule has 4 amide bonds. The molecule has 2 fully saturated rings. The molecule has 2 saturated heterocycles. The molecule has 0 bridgehead atoms. The molecule has 0 saturated carbocycles. The Hall–Kier alpha value is -5.42. The molecular formula is C47H64N8O7S4. The van der Waals surface area contributed by atoms with Crippen molar-refractivity contribution in [2.45, 2.75) is 84.7 Å². The first-order valence-corrected chi connectivity index (χ1v) is 20.6. The molecule has 19 heteroatoms. The number of aromatic nitrogens is 4. The Morgan fingerprint density at radius 2 is 1.33 bits per heavy atom. The Labute approximate surface area is 415 Å². The van der Waals surface area contributed by atoms with Gasteiger partial charge in [0.2, 0.25) is 11.8 Å². The molecule has 0 unspecified atom stereocenters. The number of ether oxygens (including phenoxy) is 3. The number of fused-ring (bicyclic) bond motifs is 1. The Kier molecular flexibility index (Phi) is 21.9. The lowest BCUT2D eigenvalue weighted by Gasteiger charge is -2.30. The van der Waals surface area contributed by atoms with Crippen molar-refractivity contribution in [1.29, 1.82) is 0 Å². The van der Waals surface area contributed by atoms with Crippen molar-refractivity contribution in [1.82, 2.24) is 40.4 Å². The van der Waals surface area contributed by atoms with Crippen molar-refractivity contribution < 1.29 is 33.4 Å². The van der Waals surface area contributed by atoms with Gasteiger partial charge in [0, 0.05) is 24.1 Å². The van der Waals surface area contributed by atoms with Crippen LogP contribution < -0.4 is 15.4 Å². The lowest BCUT2D eigenvalue weighted by molar-refractivity contribution is -0.136. The summed E-state index contributed by atoms with van der Waals surface area (Å²) < 4.78 is 15.9. The lowest BCUT2D eigenvalue weighted by Crippen LogP contribution is -2.51. The van der Waals surface area contributed by atoms with Crippen molar-refractivity contribution in [3.05, 3.63) is 102 Å². The second kappa shape index (κ2) is 25.5. The zero-order valence-corrected chi connectivity index (χ0v) is 41.2. The fourth-order valence-corrected chi connectivity index (χ4v) is 7.94. The molecule has 3 aromatic carbocycles. The fraction of sp³-hybridized carbons (Fsp3) is 0.404. The zero-order valence-electron chi connectivity index (χ0n) is 37.2. The van der Waals surface area contributed by atoms with Gasteiger partial charge in [0.1, 0.15) is 35.6 Å². The molecule has 2 aliphatic rings. The molecule has 66 heavy (non-hydrogen) atoms. The zero-order chi connectivity index (χ0) is 43.2. The number of hydrogen-bond donors (Lipinski definition) is 4. The predicted molar refractivity (Wildman–Crippen MR) is 276 cm³/mol. The van der Waals surface area contributed by atoms with Crippen LogP contribution in [0.2, 0.25) is 0 Å². The number of carbonyl (C=O) groups is 4. The van der Waals surface area contributed by atoms with Gasteiger partial charge in [0.25, 0.3) is 0 Å². The van der Waals surface area contributed by atoms with Gasteiger partial charge >= 0.3 is 12.2 Å². The van der Waals surface area contributed by atoms with Crippen LogP contribution in [0.5, 0.6) is 5.75 Å². The van der Waals surface area contributed by atoms with E-state index >= 15 is 0 Å². The molecule has 5 atom stereocenters. The number of hydrogen-bond acceptors (Lipinski definition) is 9. The normalized spacial score (nSPS) is 17.0. The summed E-state index contributed by atoms with van der Waals surface area (Å²) >= 11 is 0. The molecule has 5 aromatic rings. The molecule has 358 valence electrons. The fourth-order valence-electron chi connectivity index (χ4n) is 7.94. The SMILES string of the molecule is C.COC(=O)N[C@H](C(=O)N1CCC[C@H]1c1ncc(-c2ccc(C#Cc3ccc4nc([C@@H]5C[C@@H](Oc6ccccc6)CN5C(=O)[C@@H](NC(=O)OC)C(C)C)[nH]c4c3)cc2)[nH]1)C(C)C.S.S.S.S. The number of H-pyrrole nitrogens is 2. The van der Waals surface area contributed by atoms with Crippen molar-refractivity contribution in [3.63, 3.8) is 0 Å². The Morgan fingerprint density at radius 3 is 1.94 bits per heavy atom. The van der Waals surface area contributed by atoms with E-state index in [9.17, 15) is 19.2 Å². The Balaban J connectivity index is 0.00000299. The van der Waals surface area contributed by atoms with Crippen LogP contribution in [0.15, 0.2) is 79.0 Å². The van der Waals surface area contributed by atoms with Gasteiger partial charge in [-0.15, -0.1) is 0 Å². The number of rotatable bonds is 11. The summed E-state index contributed by atoms with van der Waals surface area (Å²) in [4.78, 5) is 71.8. The number of amides is 4. The summed E-state index contributed by atoms with van der Waals surface area (Å²) in [5, 5.41) is 5.40. The highest BCUT2D eigenvalue weighted by molar-refractivity contribution is 7.59. The third-order valence-electron chi connectivity index (χ3n) is 11.2. The van der Waals surface area contributed by atoms with Crippen molar-refractivity contribution in [2.75, 3.05) is 27.3 Å². The van der Waals surface area contributed by atoms with Crippen LogP contribution in [-0.4, -0.2) is 99.2 Å². The van der Waals surface area contributed by atoms with Crippen LogP contribution in [-0.2, 0) is 19.1 Å². The van der Waals surface area contributed by atoms with E-state index in [4.69, 9.17) is 19.2 Å². The number of aromatic amines is 2. The number of nitrogens with one attached hydrogen (secondary N) is 4. The van der Waals surface area contributed by atoms with E-state index in [1.54, 1.807) is 16.0 Å². The number of carbonyl (C=O) groups excluding carboxylic acids is 4. The van der Waals surface area contributed by atoms with Gasteiger partial charge in [-0.1, -0.05) is 77.3 Å². The molecule has 15 nitrogen and oxygen atoms in total. The van der Waals surface area contributed by atoms with Gasteiger partial charge in [-0.3, -0.25) is 9.59 Å². The lowest BCUT2D eigenvalue weighted by atomic mass is 10.0. The number of methoxy groups -OCH3 is 2. The molecule has 0 aliphatic carbocycles. The third kappa shape index (κ3) is 13.1. The highest BCUT2D eigenvalue weighted by Crippen LogP contribution is 2.36. The average Bonchev–Trinajstić information content (AvgIpc) is 4.10. The first kappa shape index (κ1) is 56.7. The predicted octanol–water partition coefficient (Wildman–Crippen LogP) is 7.59. The molecule has 2 aliphatic heterocycles. The maximum absolute atomic E-state index is 14.1. The van der Waals surface area contributed by atoms with E-state index in [2.05, 4.69) is 37.4 Å². The smallest absolute Gasteiger partial charge is 0.407 e. The maximum Gasteiger partial charge on any atom is 0.407 e. The monoisotopic (exact) mass is 980 g/mol. The van der Waals surface area contributed by atoms with E-state index in [0.717, 1.165) is 46.3 Å². The van der Waals surface area contributed by atoms with Crippen LogP contribution >= 0.6 is 54.0 Å². The quantitative estimate of drug-likeness (QED) is 0.0970. The van der Waals surface area contributed by atoms with E-state index < -0.39 is 30.3 Å². The van der Waals surface area contributed by atoms with Gasteiger partial charge in [0.15, 0.2) is 0 Å². The number of imidazole rings is 2. The molecule has 0 radical (unpaired) electrons.